The summed E-state index contributed by atoms with van der Waals surface area (Å²) >= 11 is 0. The van der Waals surface area contributed by atoms with Gasteiger partial charge in [-0.15, -0.1) is 0 Å². The average Bonchev–Trinajstić information content (AvgIpc) is 2.98. The highest BCUT2D eigenvalue weighted by Gasteiger charge is 2.45. The lowest BCUT2D eigenvalue weighted by atomic mass is 9.91. The van der Waals surface area contributed by atoms with E-state index >= 15 is 0 Å². The molecule has 0 radical (unpaired) electrons. The van der Waals surface area contributed by atoms with Crippen molar-refractivity contribution in [3.05, 3.63) is 29.1 Å². The number of ether oxygens (including phenoxy) is 1. The molecule has 2 N–H and O–H groups in total. The minimum Gasteiger partial charge on any atom is -0.377 e. The minimum absolute atomic E-state index is 0.132. The van der Waals surface area contributed by atoms with Crippen LogP contribution in [0.3, 0.4) is 0 Å². The second kappa shape index (κ2) is 6.59. The van der Waals surface area contributed by atoms with Crippen LogP contribution in [0.5, 0.6) is 0 Å². The lowest BCUT2D eigenvalue weighted by molar-refractivity contribution is -0.129. The topological polar surface area (TPSA) is 99.8 Å². The second-order valence-electron chi connectivity index (χ2n) is 7.20. The molecule has 0 bridgehead atoms. The van der Waals surface area contributed by atoms with Crippen LogP contribution in [0.1, 0.15) is 41.8 Å². The quantitative estimate of drug-likeness (QED) is 0.819. The Hall–Kier alpha value is -2.22. The van der Waals surface area contributed by atoms with E-state index in [4.69, 9.17) is 4.74 Å². The number of rotatable bonds is 6. The number of aromatic amines is 2. The highest BCUT2D eigenvalue weighted by Crippen LogP contribution is 2.47. The van der Waals surface area contributed by atoms with Crippen molar-refractivity contribution in [2.75, 3.05) is 20.2 Å². The van der Waals surface area contributed by atoms with E-state index in [0.717, 1.165) is 29.6 Å². The lowest BCUT2D eigenvalue weighted by Crippen LogP contribution is -2.30. The van der Waals surface area contributed by atoms with Gasteiger partial charge in [-0.1, -0.05) is 0 Å². The van der Waals surface area contributed by atoms with E-state index in [0.29, 0.717) is 31.4 Å². The van der Waals surface area contributed by atoms with Crippen molar-refractivity contribution < 1.29 is 9.53 Å². The fourth-order valence-corrected chi connectivity index (χ4v) is 3.82. The summed E-state index contributed by atoms with van der Waals surface area (Å²) in [7, 11) is 1.64. The van der Waals surface area contributed by atoms with Crippen LogP contribution < -0.4 is 0 Å². The van der Waals surface area contributed by atoms with Crippen molar-refractivity contribution in [2.45, 2.75) is 38.7 Å². The van der Waals surface area contributed by atoms with Crippen LogP contribution in [-0.2, 0) is 22.6 Å². The zero-order valence-electron chi connectivity index (χ0n) is 14.7. The van der Waals surface area contributed by atoms with Crippen LogP contribution >= 0.6 is 0 Å². The maximum atomic E-state index is 12.7. The molecule has 1 amide bonds. The smallest absolute Gasteiger partial charge is 0.228 e. The van der Waals surface area contributed by atoms with Gasteiger partial charge in [0.15, 0.2) is 11.6 Å². The van der Waals surface area contributed by atoms with Crippen molar-refractivity contribution in [2.24, 2.45) is 11.8 Å². The summed E-state index contributed by atoms with van der Waals surface area (Å²) < 4.78 is 5.11. The van der Waals surface area contributed by atoms with Gasteiger partial charge in [-0.05, 0) is 37.7 Å². The summed E-state index contributed by atoms with van der Waals surface area (Å²) in [6.07, 6.45) is 2.84. The fraction of sp³-hybridized carbons (Fsp3) is 0.647. The first-order valence-corrected chi connectivity index (χ1v) is 8.83. The molecule has 8 heteroatoms. The third-order valence-electron chi connectivity index (χ3n) is 5.20. The molecule has 2 atom stereocenters. The van der Waals surface area contributed by atoms with Crippen LogP contribution in [-0.4, -0.2) is 56.4 Å². The van der Waals surface area contributed by atoms with Crippen molar-refractivity contribution in [1.82, 2.24) is 30.3 Å². The monoisotopic (exact) mass is 344 g/mol. The van der Waals surface area contributed by atoms with Crippen molar-refractivity contribution in [1.29, 1.82) is 0 Å². The molecule has 1 saturated heterocycles. The van der Waals surface area contributed by atoms with E-state index in [-0.39, 0.29) is 11.8 Å². The number of amides is 1. The van der Waals surface area contributed by atoms with E-state index in [1.165, 1.54) is 12.8 Å². The largest absolute Gasteiger partial charge is 0.377 e. The predicted octanol–water partition coefficient (Wildman–Crippen LogP) is 1.18. The predicted molar refractivity (Wildman–Crippen MR) is 89.7 cm³/mol. The summed E-state index contributed by atoms with van der Waals surface area (Å²) in [5.74, 6) is 3.04. The molecule has 2 fully saturated rings. The van der Waals surface area contributed by atoms with Gasteiger partial charge in [0.25, 0.3) is 0 Å². The van der Waals surface area contributed by atoms with Crippen LogP contribution in [0.2, 0.25) is 0 Å². The average molecular weight is 344 g/mol. The Morgan fingerprint density at radius 1 is 1.32 bits per heavy atom. The van der Waals surface area contributed by atoms with Crippen molar-refractivity contribution >= 4 is 5.91 Å². The maximum absolute atomic E-state index is 12.7. The third kappa shape index (κ3) is 3.44. The molecule has 8 nitrogen and oxygen atoms in total. The molecule has 0 spiro atoms. The van der Waals surface area contributed by atoms with Crippen molar-refractivity contribution in [3.63, 3.8) is 0 Å². The minimum atomic E-state index is 0.132. The van der Waals surface area contributed by atoms with Gasteiger partial charge in [0, 0.05) is 31.8 Å². The van der Waals surface area contributed by atoms with E-state index in [2.05, 4.69) is 25.4 Å². The number of aryl methyl sites for hydroxylation is 1. The SMILES string of the molecule is COCc1nc([C@H]2CN(C(=O)Cc3cc(C)[nH]n3)C[C@@H]2C2CC2)n[nH]1. The van der Waals surface area contributed by atoms with Gasteiger partial charge in [-0.25, -0.2) is 4.98 Å². The molecule has 1 saturated carbocycles. The van der Waals surface area contributed by atoms with Gasteiger partial charge >= 0.3 is 0 Å². The maximum Gasteiger partial charge on any atom is 0.228 e. The number of nitrogens with one attached hydrogen (secondary N) is 2. The van der Waals surface area contributed by atoms with Gasteiger partial charge in [-0.2, -0.15) is 10.2 Å². The Morgan fingerprint density at radius 3 is 2.84 bits per heavy atom. The number of carbonyl (C=O) groups excluding carboxylic acids is 1. The molecule has 0 unspecified atom stereocenters. The summed E-state index contributed by atoms with van der Waals surface area (Å²) in [6, 6.07) is 1.93. The van der Waals surface area contributed by atoms with Gasteiger partial charge in [-0.3, -0.25) is 15.0 Å². The first-order chi connectivity index (χ1) is 12.1. The van der Waals surface area contributed by atoms with E-state index in [9.17, 15) is 4.79 Å². The molecule has 2 aromatic heterocycles. The van der Waals surface area contributed by atoms with Crippen LogP contribution in [0, 0.1) is 18.8 Å². The van der Waals surface area contributed by atoms with Crippen LogP contribution in [0.15, 0.2) is 6.07 Å². The number of hydrogen-bond acceptors (Lipinski definition) is 5. The number of methoxy groups -OCH3 is 1. The van der Waals surface area contributed by atoms with Gasteiger partial charge < -0.3 is 9.64 Å². The lowest BCUT2D eigenvalue weighted by Gasteiger charge is -2.15. The first kappa shape index (κ1) is 16.3. The Kier molecular flexibility index (Phi) is 4.29. The highest BCUT2D eigenvalue weighted by atomic mass is 16.5. The van der Waals surface area contributed by atoms with E-state index in [1.54, 1.807) is 7.11 Å². The number of H-pyrrole nitrogens is 2. The zero-order valence-corrected chi connectivity index (χ0v) is 14.7. The van der Waals surface area contributed by atoms with Crippen LogP contribution in [0.4, 0.5) is 0 Å². The molecule has 2 aromatic rings. The normalized spacial score (nSPS) is 23.4. The summed E-state index contributed by atoms with van der Waals surface area (Å²) in [6.45, 7) is 3.85. The van der Waals surface area contributed by atoms with E-state index in [1.807, 2.05) is 17.9 Å². The first-order valence-electron chi connectivity index (χ1n) is 8.83. The number of likely N-dealkylation sites (tertiary alicyclic amines) is 1. The molecule has 3 heterocycles. The molecule has 2 aliphatic rings. The Labute approximate surface area is 146 Å². The molecule has 4 rings (SSSR count). The number of nitrogens with zero attached hydrogens (tertiary/aromatic N) is 4. The standard InChI is InChI=1S/C17H24N6O2/c1-10-5-12(20-19-10)6-16(24)23-7-13(11-3-4-11)14(8-23)17-18-15(9-25-2)21-22-17/h5,11,13-14H,3-4,6-9H2,1-2H3,(H,19,20)(H,18,21,22)/t13-,14+/m1/s1. The number of carbonyl (C=O) groups is 1. The molecule has 0 aromatic carbocycles. The van der Waals surface area contributed by atoms with Crippen LogP contribution in [0.25, 0.3) is 0 Å². The molecular weight excluding hydrogens is 320 g/mol. The molecule has 1 aliphatic heterocycles. The zero-order chi connectivity index (χ0) is 17.4. The molecule has 134 valence electrons. The second-order valence-corrected chi connectivity index (χ2v) is 7.20. The third-order valence-corrected chi connectivity index (χ3v) is 5.20. The van der Waals surface area contributed by atoms with Crippen molar-refractivity contribution in [3.8, 4) is 0 Å². The Balaban J connectivity index is 1.47. The van der Waals surface area contributed by atoms with Gasteiger partial charge in [0.05, 0.1) is 12.1 Å². The Morgan fingerprint density at radius 2 is 2.16 bits per heavy atom. The molecular formula is C17H24N6O2. The number of aromatic nitrogens is 5. The molecule has 1 aliphatic carbocycles. The highest BCUT2D eigenvalue weighted by molar-refractivity contribution is 5.78. The van der Waals surface area contributed by atoms with Gasteiger partial charge in [0.2, 0.25) is 5.91 Å². The van der Waals surface area contributed by atoms with Gasteiger partial charge in [0.1, 0.15) is 6.61 Å². The summed E-state index contributed by atoms with van der Waals surface area (Å²) in [5.41, 5.74) is 1.78. The molecule has 25 heavy (non-hydrogen) atoms. The summed E-state index contributed by atoms with van der Waals surface area (Å²) in [4.78, 5) is 19.2. The fourth-order valence-electron chi connectivity index (χ4n) is 3.82. The Bertz CT molecular complexity index is 750. The van der Waals surface area contributed by atoms with E-state index < -0.39 is 0 Å². The summed E-state index contributed by atoms with van der Waals surface area (Å²) in [5, 5.41) is 14.4. The number of hydrogen-bond donors (Lipinski definition) is 2.